The molecule has 2 atom stereocenters. The SMILES string of the molecule is CCc1ccc(NC(=O)CN2NCC(Cl)C(Cl)C2=O)cc1S(=O)(=O)N1CCCN(C)CC1. The Balaban J connectivity index is 1.76. The predicted molar refractivity (Wildman–Crippen MR) is 124 cm³/mol. The zero-order valence-electron chi connectivity index (χ0n) is 18.2. The number of carbonyl (C=O) groups excluding carboxylic acids is 2. The van der Waals surface area contributed by atoms with E-state index in [9.17, 15) is 18.0 Å². The van der Waals surface area contributed by atoms with Crippen molar-refractivity contribution < 1.29 is 18.0 Å². The molecule has 178 valence electrons. The van der Waals surface area contributed by atoms with Crippen LogP contribution in [0.5, 0.6) is 0 Å². The third-order valence-corrected chi connectivity index (χ3v) is 8.63. The maximum Gasteiger partial charge on any atom is 0.256 e. The normalized spacial score (nSPS) is 23.8. The number of aryl methyl sites for hydroxylation is 1. The van der Waals surface area contributed by atoms with E-state index in [1.807, 2.05) is 14.0 Å². The van der Waals surface area contributed by atoms with Crippen LogP contribution in [0.25, 0.3) is 0 Å². The summed E-state index contributed by atoms with van der Waals surface area (Å²) >= 11 is 11.9. The fraction of sp³-hybridized carbons (Fsp3) is 0.600. The maximum atomic E-state index is 13.4. The van der Waals surface area contributed by atoms with Crippen LogP contribution in [0.4, 0.5) is 5.69 Å². The summed E-state index contributed by atoms with van der Waals surface area (Å²) in [5, 5.41) is 2.33. The van der Waals surface area contributed by atoms with Gasteiger partial charge in [-0.1, -0.05) is 13.0 Å². The molecule has 2 heterocycles. The summed E-state index contributed by atoms with van der Waals surface area (Å²) in [6.45, 7) is 4.26. The van der Waals surface area contributed by atoms with E-state index >= 15 is 0 Å². The molecule has 2 saturated heterocycles. The van der Waals surface area contributed by atoms with Gasteiger partial charge in [0.1, 0.15) is 11.9 Å². The summed E-state index contributed by atoms with van der Waals surface area (Å²) in [6, 6.07) is 4.87. The lowest BCUT2D eigenvalue weighted by molar-refractivity contribution is -0.139. The minimum Gasteiger partial charge on any atom is -0.324 e. The van der Waals surface area contributed by atoms with Crippen molar-refractivity contribution in [2.45, 2.75) is 35.4 Å². The first-order valence-corrected chi connectivity index (χ1v) is 12.9. The molecule has 2 fully saturated rings. The van der Waals surface area contributed by atoms with Crippen LogP contribution in [0, 0.1) is 0 Å². The van der Waals surface area contributed by atoms with Gasteiger partial charge in [0.25, 0.3) is 5.91 Å². The highest BCUT2D eigenvalue weighted by Crippen LogP contribution is 2.26. The first kappa shape index (κ1) is 25.2. The average molecular weight is 506 g/mol. The number of likely N-dealkylation sites (N-methyl/N-ethyl adjacent to an activating group) is 1. The molecule has 2 aliphatic rings. The maximum absolute atomic E-state index is 13.4. The first-order chi connectivity index (χ1) is 15.1. The molecule has 0 aromatic heterocycles. The van der Waals surface area contributed by atoms with Crippen LogP contribution in [0.15, 0.2) is 23.1 Å². The van der Waals surface area contributed by atoms with Crippen LogP contribution in [0.1, 0.15) is 18.9 Å². The molecule has 0 spiro atoms. The van der Waals surface area contributed by atoms with Gasteiger partial charge in [-0.05, 0) is 44.1 Å². The average Bonchev–Trinajstić information content (AvgIpc) is 2.99. The highest BCUT2D eigenvalue weighted by molar-refractivity contribution is 7.89. The number of alkyl halides is 2. The number of anilines is 1. The molecule has 2 N–H and O–H groups in total. The standard InChI is InChI=1S/C20H29Cl2N5O4S/c1-3-14-5-6-15(24-18(28)13-27-20(29)19(22)16(21)12-23-27)11-17(14)32(30,31)26-8-4-7-25(2)9-10-26/h5-6,11,16,19,23H,3-4,7-10,12-13H2,1-2H3,(H,24,28). The number of rotatable bonds is 6. The Kier molecular flexibility index (Phi) is 8.40. The van der Waals surface area contributed by atoms with E-state index in [-0.39, 0.29) is 18.0 Å². The van der Waals surface area contributed by atoms with Crippen molar-refractivity contribution in [3.05, 3.63) is 23.8 Å². The van der Waals surface area contributed by atoms with Crippen molar-refractivity contribution in [3.8, 4) is 0 Å². The fourth-order valence-electron chi connectivity index (χ4n) is 3.73. The van der Waals surface area contributed by atoms with E-state index in [0.717, 1.165) is 18.0 Å². The Labute approximate surface area is 199 Å². The number of nitrogens with zero attached hydrogens (tertiary/aromatic N) is 3. The largest absolute Gasteiger partial charge is 0.324 e. The van der Waals surface area contributed by atoms with E-state index in [0.29, 0.717) is 37.3 Å². The van der Waals surface area contributed by atoms with Crippen LogP contribution in [-0.4, -0.2) is 91.5 Å². The van der Waals surface area contributed by atoms with E-state index in [4.69, 9.17) is 23.2 Å². The molecule has 32 heavy (non-hydrogen) atoms. The number of nitrogens with one attached hydrogen (secondary N) is 2. The summed E-state index contributed by atoms with van der Waals surface area (Å²) in [6.07, 6.45) is 1.30. The van der Waals surface area contributed by atoms with Crippen LogP contribution >= 0.6 is 23.2 Å². The van der Waals surface area contributed by atoms with Crippen molar-refractivity contribution in [2.24, 2.45) is 0 Å². The molecule has 1 aromatic carbocycles. The van der Waals surface area contributed by atoms with Gasteiger partial charge in [-0.3, -0.25) is 14.6 Å². The number of hydrogen-bond donors (Lipinski definition) is 2. The zero-order chi connectivity index (χ0) is 23.5. The highest BCUT2D eigenvalue weighted by atomic mass is 35.5. The Bertz CT molecular complexity index is 961. The van der Waals surface area contributed by atoms with E-state index in [1.165, 1.54) is 10.4 Å². The van der Waals surface area contributed by atoms with Crippen LogP contribution in [0.2, 0.25) is 0 Å². The number of hydrazine groups is 1. The number of benzene rings is 1. The predicted octanol–water partition coefficient (Wildman–Crippen LogP) is 1.08. The van der Waals surface area contributed by atoms with Crippen molar-refractivity contribution >= 4 is 50.7 Å². The van der Waals surface area contributed by atoms with Crippen molar-refractivity contribution in [3.63, 3.8) is 0 Å². The van der Waals surface area contributed by atoms with Crippen LogP contribution in [-0.2, 0) is 26.0 Å². The van der Waals surface area contributed by atoms with Gasteiger partial charge >= 0.3 is 0 Å². The second kappa shape index (κ2) is 10.7. The molecule has 0 aliphatic carbocycles. The second-order valence-corrected chi connectivity index (χ2v) is 10.9. The van der Waals surface area contributed by atoms with E-state index in [2.05, 4.69) is 15.6 Å². The van der Waals surface area contributed by atoms with Gasteiger partial charge in [0.2, 0.25) is 15.9 Å². The molecule has 2 aliphatic heterocycles. The Hall–Kier alpha value is -1.43. The van der Waals surface area contributed by atoms with Gasteiger partial charge in [0.05, 0.1) is 10.3 Å². The molecule has 9 nitrogen and oxygen atoms in total. The molecular formula is C20H29Cl2N5O4S. The summed E-state index contributed by atoms with van der Waals surface area (Å²) in [5.74, 6) is -0.962. The van der Waals surface area contributed by atoms with Crippen LogP contribution in [0.3, 0.4) is 0 Å². The first-order valence-electron chi connectivity index (χ1n) is 10.6. The minimum atomic E-state index is -3.71. The molecule has 0 radical (unpaired) electrons. The number of amides is 2. The fourth-order valence-corrected chi connectivity index (χ4v) is 5.90. The van der Waals surface area contributed by atoms with Crippen molar-refractivity contribution in [1.82, 2.24) is 19.6 Å². The van der Waals surface area contributed by atoms with E-state index < -0.39 is 32.6 Å². The molecule has 0 saturated carbocycles. The summed E-state index contributed by atoms with van der Waals surface area (Å²) < 4.78 is 28.3. The van der Waals surface area contributed by atoms with Gasteiger partial charge in [0.15, 0.2) is 0 Å². The minimum absolute atomic E-state index is 0.195. The van der Waals surface area contributed by atoms with Gasteiger partial charge in [0, 0.05) is 31.9 Å². The Morgan fingerprint density at radius 2 is 1.97 bits per heavy atom. The molecule has 2 unspecified atom stereocenters. The lowest BCUT2D eigenvalue weighted by Crippen LogP contribution is -2.58. The van der Waals surface area contributed by atoms with Crippen molar-refractivity contribution in [1.29, 1.82) is 0 Å². The summed E-state index contributed by atoms with van der Waals surface area (Å²) in [4.78, 5) is 27.0. The van der Waals surface area contributed by atoms with E-state index in [1.54, 1.807) is 12.1 Å². The van der Waals surface area contributed by atoms with Gasteiger partial charge in [-0.15, -0.1) is 23.2 Å². The number of hydrogen-bond acceptors (Lipinski definition) is 6. The zero-order valence-corrected chi connectivity index (χ0v) is 20.5. The van der Waals surface area contributed by atoms with Gasteiger partial charge < -0.3 is 10.2 Å². The lowest BCUT2D eigenvalue weighted by atomic mass is 10.1. The third-order valence-electron chi connectivity index (χ3n) is 5.63. The van der Waals surface area contributed by atoms with Gasteiger partial charge in [-0.2, -0.15) is 4.31 Å². The highest BCUT2D eigenvalue weighted by Gasteiger charge is 2.35. The molecule has 12 heteroatoms. The Morgan fingerprint density at radius 3 is 2.69 bits per heavy atom. The number of carbonyl (C=O) groups is 2. The smallest absolute Gasteiger partial charge is 0.256 e. The molecular weight excluding hydrogens is 477 g/mol. The van der Waals surface area contributed by atoms with Crippen molar-refractivity contribution in [2.75, 3.05) is 51.6 Å². The third kappa shape index (κ3) is 5.73. The number of halogens is 2. The second-order valence-electron chi connectivity index (χ2n) is 7.99. The quantitative estimate of drug-likeness (QED) is 0.560. The topological polar surface area (TPSA) is 102 Å². The molecule has 2 amide bonds. The number of sulfonamides is 1. The summed E-state index contributed by atoms with van der Waals surface area (Å²) in [5.41, 5.74) is 3.81. The molecule has 0 bridgehead atoms. The molecule has 1 aromatic rings. The lowest BCUT2D eigenvalue weighted by Gasteiger charge is -2.32. The van der Waals surface area contributed by atoms with Gasteiger partial charge in [-0.25, -0.2) is 13.8 Å². The summed E-state index contributed by atoms with van der Waals surface area (Å²) in [7, 11) is -1.74. The Morgan fingerprint density at radius 1 is 1.22 bits per heavy atom. The molecule has 3 rings (SSSR count). The monoisotopic (exact) mass is 505 g/mol. The van der Waals surface area contributed by atoms with Crippen LogP contribution < -0.4 is 10.7 Å².